The summed E-state index contributed by atoms with van der Waals surface area (Å²) in [5, 5.41) is 5.64. The van der Waals surface area contributed by atoms with Crippen LogP contribution in [0.2, 0.25) is 0 Å². The number of amidine groups is 1. The van der Waals surface area contributed by atoms with Crippen LogP contribution < -0.4 is 4.72 Å². The van der Waals surface area contributed by atoms with Crippen molar-refractivity contribution in [3.63, 3.8) is 0 Å². The van der Waals surface area contributed by atoms with Gasteiger partial charge in [0.05, 0.1) is 9.37 Å². The van der Waals surface area contributed by atoms with Gasteiger partial charge in [-0.2, -0.15) is 0 Å². The molecule has 1 unspecified atom stereocenters. The van der Waals surface area contributed by atoms with Crippen LogP contribution in [0.5, 0.6) is 0 Å². The number of oxime groups is 1. The fraction of sp³-hybridized carbons (Fsp3) is 0.250. The summed E-state index contributed by atoms with van der Waals surface area (Å²) in [5.74, 6) is 0.660. The molecule has 1 atom stereocenters. The standard InChI is InChI=1S/C20H20BrN3O3S3/c1-2-3-12-24-18(22-27-20(24)28)13-8-10-14(11-9-13)30(25,26)23-19-17(21)15-6-4-5-7-16(15)29-19/h4-11,20,23,28H,2-3,12H2,1H3. The van der Waals surface area contributed by atoms with Crippen molar-refractivity contribution >= 4 is 70.8 Å². The number of fused-ring (bicyclic) bond motifs is 1. The maximum absolute atomic E-state index is 12.9. The number of benzene rings is 2. The van der Waals surface area contributed by atoms with E-state index in [-0.39, 0.29) is 4.90 Å². The van der Waals surface area contributed by atoms with E-state index in [9.17, 15) is 8.42 Å². The second kappa shape index (κ2) is 8.78. The lowest BCUT2D eigenvalue weighted by Gasteiger charge is -2.21. The number of thiophene rings is 1. The Labute approximate surface area is 193 Å². The van der Waals surface area contributed by atoms with Crippen LogP contribution in [0.25, 0.3) is 10.1 Å². The molecule has 4 rings (SSSR count). The normalized spacial score (nSPS) is 16.6. The number of sulfonamides is 1. The molecule has 10 heteroatoms. The van der Waals surface area contributed by atoms with E-state index in [4.69, 9.17) is 4.84 Å². The molecule has 0 bridgehead atoms. The van der Waals surface area contributed by atoms with Gasteiger partial charge in [-0.1, -0.05) is 36.7 Å². The molecular weight excluding hydrogens is 506 g/mol. The lowest BCUT2D eigenvalue weighted by Crippen LogP contribution is -2.34. The predicted octanol–water partition coefficient (Wildman–Crippen LogP) is 5.47. The lowest BCUT2D eigenvalue weighted by molar-refractivity contribution is 0.0807. The Hall–Kier alpha value is -1.75. The van der Waals surface area contributed by atoms with Gasteiger partial charge in [0, 0.05) is 22.2 Å². The number of hydrogen-bond donors (Lipinski definition) is 2. The van der Waals surface area contributed by atoms with Crippen molar-refractivity contribution in [1.82, 2.24) is 4.90 Å². The number of nitrogens with zero attached hydrogens (tertiary/aromatic N) is 2. The molecule has 6 nitrogen and oxygen atoms in total. The smallest absolute Gasteiger partial charge is 0.262 e. The molecular formula is C20H20BrN3O3S3. The van der Waals surface area contributed by atoms with Crippen molar-refractivity contribution in [2.75, 3.05) is 11.3 Å². The van der Waals surface area contributed by atoms with Gasteiger partial charge in [-0.15, -0.1) is 24.0 Å². The molecule has 0 amide bonds. The first kappa shape index (κ1) is 21.5. The summed E-state index contributed by atoms with van der Waals surface area (Å²) >= 11 is 9.30. The fourth-order valence-electron chi connectivity index (χ4n) is 3.12. The van der Waals surface area contributed by atoms with Crippen LogP contribution in [0.1, 0.15) is 25.3 Å². The first-order chi connectivity index (χ1) is 14.4. The number of nitrogens with one attached hydrogen (secondary N) is 1. The zero-order chi connectivity index (χ0) is 21.3. The van der Waals surface area contributed by atoms with Gasteiger partial charge in [-0.25, -0.2) is 8.42 Å². The fourth-order valence-corrected chi connectivity index (χ4v) is 6.64. The largest absolute Gasteiger partial charge is 0.357 e. The number of rotatable bonds is 7. The third-order valence-electron chi connectivity index (χ3n) is 4.71. The Bertz CT molecular complexity index is 1190. The maximum Gasteiger partial charge on any atom is 0.262 e. The van der Waals surface area contributed by atoms with Crippen molar-refractivity contribution < 1.29 is 13.3 Å². The highest BCUT2D eigenvalue weighted by molar-refractivity contribution is 9.10. The molecule has 1 aliphatic rings. The minimum Gasteiger partial charge on any atom is -0.357 e. The molecule has 0 saturated heterocycles. The van der Waals surface area contributed by atoms with E-state index in [0.717, 1.165) is 39.5 Å². The van der Waals surface area contributed by atoms with E-state index in [1.165, 1.54) is 11.3 Å². The number of anilines is 1. The minimum absolute atomic E-state index is 0.178. The van der Waals surface area contributed by atoms with Gasteiger partial charge in [0.2, 0.25) is 5.56 Å². The van der Waals surface area contributed by atoms with Crippen LogP contribution in [-0.4, -0.2) is 31.3 Å². The van der Waals surface area contributed by atoms with E-state index in [0.29, 0.717) is 10.8 Å². The van der Waals surface area contributed by atoms with E-state index in [2.05, 4.69) is 45.4 Å². The number of hydrogen-bond acceptors (Lipinski definition) is 7. The summed E-state index contributed by atoms with van der Waals surface area (Å²) in [5.41, 5.74) is 0.353. The third kappa shape index (κ3) is 4.18. The molecule has 1 N–H and O–H groups in total. The van der Waals surface area contributed by atoms with E-state index in [1.807, 2.05) is 29.2 Å². The molecule has 0 radical (unpaired) electrons. The van der Waals surface area contributed by atoms with Gasteiger partial charge in [-0.3, -0.25) is 4.72 Å². The van der Waals surface area contributed by atoms with E-state index < -0.39 is 15.6 Å². The van der Waals surface area contributed by atoms with Crippen LogP contribution >= 0.6 is 39.9 Å². The minimum atomic E-state index is -3.73. The van der Waals surface area contributed by atoms with Gasteiger partial charge < -0.3 is 9.74 Å². The monoisotopic (exact) mass is 525 g/mol. The topological polar surface area (TPSA) is 71.0 Å². The van der Waals surface area contributed by atoms with Gasteiger partial charge >= 0.3 is 0 Å². The molecule has 0 saturated carbocycles. The quantitative estimate of drug-likeness (QED) is 0.401. The maximum atomic E-state index is 12.9. The molecule has 30 heavy (non-hydrogen) atoms. The summed E-state index contributed by atoms with van der Waals surface area (Å²) in [6.07, 6.45) is 2.03. The summed E-state index contributed by atoms with van der Waals surface area (Å²) in [6.45, 7) is 2.88. The van der Waals surface area contributed by atoms with Crippen LogP contribution in [0.15, 0.2) is 63.1 Å². The Balaban J connectivity index is 1.56. The highest BCUT2D eigenvalue weighted by Gasteiger charge is 2.28. The van der Waals surface area contributed by atoms with Crippen LogP contribution in [0, 0.1) is 0 Å². The van der Waals surface area contributed by atoms with Crippen LogP contribution in [0.4, 0.5) is 5.00 Å². The summed E-state index contributed by atoms with van der Waals surface area (Å²) in [6, 6.07) is 14.4. The zero-order valence-corrected chi connectivity index (χ0v) is 20.2. The first-order valence-electron chi connectivity index (χ1n) is 9.39. The SMILES string of the molecule is CCCCN1C(c2ccc(S(=O)(=O)Nc3sc4ccccc4c3Br)cc2)=NOC1S. The molecule has 1 aromatic heterocycles. The predicted molar refractivity (Wildman–Crippen MR) is 129 cm³/mol. The van der Waals surface area contributed by atoms with Crippen molar-refractivity contribution in [2.24, 2.45) is 5.16 Å². The molecule has 2 heterocycles. The molecule has 1 aliphatic heterocycles. The van der Waals surface area contributed by atoms with Gasteiger partial charge in [0.25, 0.3) is 10.0 Å². The highest BCUT2D eigenvalue weighted by atomic mass is 79.9. The van der Waals surface area contributed by atoms with Crippen molar-refractivity contribution in [3.8, 4) is 0 Å². The van der Waals surface area contributed by atoms with Crippen molar-refractivity contribution in [3.05, 3.63) is 58.6 Å². The molecule has 0 fully saturated rings. The van der Waals surface area contributed by atoms with E-state index >= 15 is 0 Å². The first-order valence-corrected chi connectivity index (χ1v) is 13.0. The summed E-state index contributed by atoms with van der Waals surface area (Å²) < 4.78 is 30.3. The number of thiol groups is 1. The van der Waals surface area contributed by atoms with Crippen LogP contribution in [-0.2, 0) is 14.9 Å². The Morgan fingerprint density at radius 3 is 2.67 bits per heavy atom. The molecule has 0 aliphatic carbocycles. The van der Waals surface area contributed by atoms with Gasteiger partial charge in [-0.05, 0) is 52.7 Å². The van der Waals surface area contributed by atoms with Crippen LogP contribution in [0.3, 0.4) is 0 Å². The Morgan fingerprint density at radius 2 is 1.97 bits per heavy atom. The molecule has 0 spiro atoms. The van der Waals surface area contributed by atoms with E-state index in [1.54, 1.807) is 24.3 Å². The average Bonchev–Trinajstić information content (AvgIpc) is 3.26. The summed E-state index contributed by atoms with van der Waals surface area (Å²) in [4.78, 5) is 7.43. The lowest BCUT2D eigenvalue weighted by atomic mass is 10.2. The second-order valence-corrected chi connectivity index (χ2v) is 10.7. The van der Waals surface area contributed by atoms with Crippen molar-refractivity contribution in [1.29, 1.82) is 0 Å². The molecule has 158 valence electrons. The second-order valence-electron chi connectivity index (χ2n) is 6.76. The highest BCUT2D eigenvalue weighted by Crippen LogP contribution is 2.40. The zero-order valence-electron chi connectivity index (χ0n) is 16.1. The number of unbranched alkanes of at least 4 members (excludes halogenated alkanes) is 1. The molecule has 2 aromatic carbocycles. The number of halogens is 1. The van der Waals surface area contributed by atoms with Crippen molar-refractivity contribution in [2.45, 2.75) is 30.2 Å². The average molecular weight is 527 g/mol. The Morgan fingerprint density at radius 1 is 1.23 bits per heavy atom. The van der Waals surface area contributed by atoms with Gasteiger partial charge in [0.1, 0.15) is 5.00 Å². The Kier molecular flexibility index (Phi) is 6.29. The van der Waals surface area contributed by atoms with Gasteiger partial charge in [0.15, 0.2) is 5.84 Å². The third-order valence-corrected chi connectivity index (χ3v) is 8.75. The summed E-state index contributed by atoms with van der Waals surface area (Å²) in [7, 11) is -3.73. The molecule has 3 aromatic rings.